The zero-order valence-corrected chi connectivity index (χ0v) is 9.21. The Hall–Kier alpha value is -0.380. The van der Waals surface area contributed by atoms with Gasteiger partial charge >= 0.3 is 0 Å². The van der Waals surface area contributed by atoms with Crippen LogP contribution in [0.3, 0.4) is 0 Å². The number of aliphatic hydroxyl groups excluding tert-OH is 1. The predicted octanol–water partition coefficient (Wildman–Crippen LogP) is 1.79. The summed E-state index contributed by atoms with van der Waals surface area (Å²) in [7, 11) is 0. The Labute approximate surface area is 86.9 Å². The first-order chi connectivity index (χ1) is 6.19. The van der Waals surface area contributed by atoms with Crippen LogP contribution < -0.4 is 5.73 Å². The Morgan fingerprint density at radius 1 is 1.54 bits per heavy atom. The molecule has 1 aromatic carbocycles. The third kappa shape index (κ3) is 2.53. The molecule has 0 amide bonds. The highest BCUT2D eigenvalue weighted by atomic mass is 79.9. The van der Waals surface area contributed by atoms with E-state index in [-0.39, 0.29) is 12.5 Å². The van der Waals surface area contributed by atoms with E-state index >= 15 is 0 Å². The second-order valence-corrected chi connectivity index (χ2v) is 4.03. The molecule has 0 heterocycles. The molecule has 0 saturated carbocycles. The molecular formula is C10H14BrNO. The van der Waals surface area contributed by atoms with E-state index in [2.05, 4.69) is 15.9 Å². The number of halogens is 1. The van der Waals surface area contributed by atoms with E-state index in [1.54, 1.807) is 0 Å². The summed E-state index contributed by atoms with van der Waals surface area (Å²) in [4.78, 5) is 0. The van der Waals surface area contributed by atoms with Gasteiger partial charge in [-0.3, -0.25) is 0 Å². The van der Waals surface area contributed by atoms with Crippen molar-refractivity contribution in [2.45, 2.75) is 12.8 Å². The average molecular weight is 244 g/mol. The van der Waals surface area contributed by atoms with Gasteiger partial charge in [0.25, 0.3) is 0 Å². The van der Waals surface area contributed by atoms with Crippen LogP contribution in [-0.2, 0) is 0 Å². The molecule has 72 valence electrons. The van der Waals surface area contributed by atoms with Crippen LogP contribution >= 0.6 is 15.9 Å². The van der Waals surface area contributed by atoms with E-state index in [9.17, 15) is 0 Å². The molecule has 13 heavy (non-hydrogen) atoms. The highest BCUT2D eigenvalue weighted by molar-refractivity contribution is 9.10. The smallest absolute Gasteiger partial charge is 0.0511 e. The predicted molar refractivity (Wildman–Crippen MR) is 57.8 cm³/mol. The van der Waals surface area contributed by atoms with Crippen molar-refractivity contribution in [3.8, 4) is 0 Å². The summed E-state index contributed by atoms with van der Waals surface area (Å²) >= 11 is 3.40. The maximum atomic E-state index is 9.08. The molecule has 1 atom stereocenters. The number of aliphatic hydroxyl groups is 1. The summed E-state index contributed by atoms with van der Waals surface area (Å²) in [5.74, 6) is 0.0631. The van der Waals surface area contributed by atoms with Crippen LogP contribution in [0.25, 0.3) is 0 Å². The molecule has 0 fully saturated rings. The Kier molecular flexibility index (Phi) is 3.90. The van der Waals surface area contributed by atoms with Crippen molar-refractivity contribution >= 4 is 15.9 Å². The van der Waals surface area contributed by atoms with Crippen LogP contribution in [0.1, 0.15) is 17.0 Å². The normalized spacial score (nSPS) is 12.9. The standard InChI is InChI=1S/C10H14BrNO/c1-7-4-9(11)2-3-10(7)8(5-12)6-13/h2-4,8,13H,5-6,12H2,1H3. The SMILES string of the molecule is Cc1cc(Br)ccc1C(CN)CO. The van der Waals surface area contributed by atoms with Crippen molar-refractivity contribution in [3.05, 3.63) is 33.8 Å². The van der Waals surface area contributed by atoms with Crippen molar-refractivity contribution in [3.63, 3.8) is 0 Å². The summed E-state index contributed by atoms with van der Waals surface area (Å²) in [5.41, 5.74) is 7.85. The minimum absolute atomic E-state index is 0.0631. The van der Waals surface area contributed by atoms with Gasteiger partial charge in [0.2, 0.25) is 0 Å². The van der Waals surface area contributed by atoms with E-state index in [4.69, 9.17) is 10.8 Å². The van der Waals surface area contributed by atoms with E-state index in [1.165, 1.54) is 5.56 Å². The molecule has 0 aliphatic heterocycles. The van der Waals surface area contributed by atoms with Crippen molar-refractivity contribution in [2.75, 3.05) is 13.2 Å². The molecule has 0 aliphatic carbocycles. The zero-order valence-electron chi connectivity index (χ0n) is 7.63. The summed E-state index contributed by atoms with van der Waals surface area (Å²) < 4.78 is 1.06. The number of aryl methyl sites for hydroxylation is 1. The fourth-order valence-electron chi connectivity index (χ4n) is 1.40. The average Bonchev–Trinajstić information content (AvgIpc) is 2.10. The number of nitrogens with two attached hydrogens (primary N) is 1. The lowest BCUT2D eigenvalue weighted by Gasteiger charge is -2.14. The summed E-state index contributed by atoms with van der Waals surface area (Å²) in [6.45, 7) is 2.62. The highest BCUT2D eigenvalue weighted by Gasteiger charge is 2.10. The van der Waals surface area contributed by atoms with Crippen LogP contribution in [-0.4, -0.2) is 18.3 Å². The Morgan fingerprint density at radius 3 is 2.69 bits per heavy atom. The maximum absolute atomic E-state index is 9.08. The molecular weight excluding hydrogens is 230 g/mol. The summed E-state index contributed by atoms with van der Waals surface area (Å²) in [6.07, 6.45) is 0. The Balaban J connectivity index is 2.99. The topological polar surface area (TPSA) is 46.2 Å². The highest BCUT2D eigenvalue weighted by Crippen LogP contribution is 2.22. The molecule has 3 N–H and O–H groups in total. The lowest BCUT2D eigenvalue weighted by Crippen LogP contribution is -2.16. The van der Waals surface area contributed by atoms with E-state index < -0.39 is 0 Å². The summed E-state index contributed by atoms with van der Waals surface area (Å²) in [6, 6.07) is 6.02. The second-order valence-electron chi connectivity index (χ2n) is 3.12. The zero-order chi connectivity index (χ0) is 9.84. The van der Waals surface area contributed by atoms with Crippen molar-refractivity contribution in [2.24, 2.45) is 5.73 Å². The Bertz CT molecular complexity index is 284. The third-order valence-electron chi connectivity index (χ3n) is 2.18. The van der Waals surface area contributed by atoms with Crippen molar-refractivity contribution < 1.29 is 5.11 Å². The second kappa shape index (κ2) is 4.74. The van der Waals surface area contributed by atoms with Gasteiger partial charge < -0.3 is 10.8 Å². The number of benzene rings is 1. The molecule has 0 aliphatic rings. The van der Waals surface area contributed by atoms with Crippen LogP contribution in [0.2, 0.25) is 0 Å². The van der Waals surface area contributed by atoms with Gasteiger partial charge in [-0.2, -0.15) is 0 Å². The molecule has 0 bridgehead atoms. The minimum atomic E-state index is 0.0631. The van der Waals surface area contributed by atoms with Gasteiger partial charge in [-0.1, -0.05) is 22.0 Å². The molecule has 0 radical (unpaired) electrons. The molecule has 0 aromatic heterocycles. The van der Waals surface area contributed by atoms with E-state index in [1.807, 2.05) is 25.1 Å². The monoisotopic (exact) mass is 243 g/mol. The van der Waals surface area contributed by atoms with Gasteiger partial charge in [-0.05, 0) is 30.2 Å². The van der Waals surface area contributed by atoms with Crippen LogP contribution in [0.4, 0.5) is 0 Å². The van der Waals surface area contributed by atoms with Gasteiger partial charge in [0, 0.05) is 16.9 Å². The molecule has 0 spiro atoms. The lowest BCUT2D eigenvalue weighted by atomic mass is 9.96. The fraction of sp³-hybridized carbons (Fsp3) is 0.400. The van der Waals surface area contributed by atoms with Gasteiger partial charge in [-0.25, -0.2) is 0 Å². The van der Waals surface area contributed by atoms with Gasteiger partial charge in [0.1, 0.15) is 0 Å². The van der Waals surface area contributed by atoms with E-state index in [0.717, 1.165) is 10.0 Å². The first kappa shape index (κ1) is 10.7. The molecule has 1 rings (SSSR count). The molecule has 2 nitrogen and oxygen atoms in total. The first-order valence-electron chi connectivity index (χ1n) is 4.26. The van der Waals surface area contributed by atoms with Gasteiger partial charge in [-0.15, -0.1) is 0 Å². The van der Waals surface area contributed by atoms with Crippen LogP contribution in [0, 0.1) is 6.92 Å². The largest absolute Gasteiger partial charge is 0.396 e. The maximum Gasteiger partial charge on any atom is 0.0511 e. The van der Waals surface area contributed by atoms with E-state index in [0.29, 0.717) is 6.54 Å². The summed E-state index contributed by atoms with van der Waals surface area (Å²) in [5, 5.41) is 9.08. The number of rotatable bonds is 3. The number of hydrogen-bond donors (Lipinski definition) is 2. The fourth-order valence-corrected chi connectivity index (χ4v) is 1.87. The number of hydrogen-bond acceptors (Lipinski definition) is 2. The lowest BCUT2D eigenvalue weighted by molar-refractivity contribution is 0.267. The first-order valence-corrected chi connectivity index (χ1v) is 5.05. The quantitative estimate of drug-likeness (QED) is 0.851. The van der Waals surface area contributed by atoms with Crippen molar-refractivity contribution in [1.29, 1.82) is 0 Å². The molecule has 0 saturated heterocycles. The van der Waals surface area contributed by atoms with Crippen molar-refractivity contribution in [1.82, 2.24) is 0 Å². The van der Waals surface area contributed by atoms with Gasteiger partial charge in [0.05, 0.1) is 6.61 Å². The molecule has 1 aromatic rings. The third-order valence-corrected chi connectivity index (χ3v) is 2.67. The van der Waals surface area contributed by atoms with Gasteiger partial charge in [0.15, 0.2) is 0 Å². The molecule has 1 unspecified atom stereocenters. The van der Waals surface area contributed by atoms with Crippen LogP contribution in [0.15, 0.2) is 22.7 Å². The molecule has 3 heteroatoms. The Morgan fingerprint density at radius 2 is 2.23 bits per heavy atom. The minimum Gasteiger partial charge on any atom is -0.396 e. The van der Waals surface area contributed by atoms with Crippen LogP contribution in [0.5, 0.6) is 0 Å².